The van der Waals surface area contributed by atoms with Crippen LogP contribution in [0.2, 0.25) is 0 Å². The fourth-order valence-electron chi connectivity index (χ4n) is 0.637. The largest absolute Gasteiger partial charge is 0.307 e. The predicted molar refractivity (Wildman–Crippen MR) is 37.9 cm³/mol. The van der Waals surface area contributed by atoms with E-state index in [0.29, 0.717) is 0 Å². The highest BCUT2D eigenvalue weighted by molar-refractivity contribution is 5.42. The molecule has 0 spiro atoms. The van der Waals surface area contributed by atoms with Gasteiger partial charge in [0.15, 0.2) is 0 Å². The molecule has 0 aromatic heterocycles. The van der Waals surface area contributed by atoms with Crippen molar-refractivity contribution in [1.82, 2.24) is 5.84 Å². The number of hydrogen-bond donors (Lipinski definition) is 1. The normalized spacial score (nSPS) is 9.11. The molecular formula is C7H9N2. The molecule has 47 valence electrons. The lowest BCUT2D eigenvalue weighted by atomic mass is 10.2. The van der Waals surface area contributed by atoms with Gasteiger partial charge in [-0.1, -0.05) is 17.7 Å². The van der Waals surface area contributed by atoms with E-state index < -0.39 is 0 Å². The van der Waals surface area contributed by atoms with Gasteiger partial charge in [-0.3, -0.25) is 0 Å². The number of nitrogens with one attached hydrogen (secondary N) is 2. The number of aryl methyl sites for hydroxylation is 1. The van der Waals surface area contributed by atoms with Crippen LogP contribution in [0.3, 0.4) is 0 Å². The van der Waals surface area contributed by atoms with E-state index in [0.717, 1.165) is 5.69 Å². The molecule has 2 nitrogen and oxygen atoms in total. The highest BCUT2D eigenvalue weighted by Gasteiger charge is 1.84. The van der Waals surface area contributed by atoms with E-state index in [-0.39, 0.29) is 0 Å². The summed E-state index contributed by atoms with van der Waals surface area (Å²) in [5.74, 6) is 6.76. The summed E-state index contributed by atoms with van der Waals surface area (Å²) >= 11 is 0. The van der Waals surface area contributed by atoms with Crippen LogP contribution in [-0.4, -0.2) is 0 Å². The van der Waals surface area contributed by atoms with Crippen molar-refractivity contribution in [2.75, 3.05) is 5.43 Å². The van der Waals surface area contributed by atoms with E-state index in [2.05, 4.69) is 5.43 Å². The zero-order valence-electron chi connectivity index (χ0n) is 5.31. The Labute approximate surface area is 54.7 Å². The Morgan fingerprint density at radius 1 is 1.22 bits per heavy atom. The number of hydrogen-bond acceptors (Lipinski definition) is 1. The molecule has 2 N–H and O–H groups in total. The Balaban J connectivity index is 2.88. The molecule has 0 heterocycles. The molecule has 0 saturated carbocycles. The molecule has 2 heteroatoms. The highest BCUT2D eigenvalue weighted by Crippen LogP contribution is 2.05. The van der Waals surface area contributed by atoms with Crippen LogP contribution in [0.15, 0.2) is 24.3 Å². The molecule has 0 fully saturated rings. The van der Waals surface area contributed by atoms with Crippen molar-refractivity contribution < 1.29 is 0 Å². The standard InChI is InChI=1S/C7H9N2/c1-6-2-4-7(9-8)5-3-6/h2-5,8-9H,1H3. The summed E-state index contributed by atoms with van der Waals surface area (Å²) in [6.07, 6.45) is 0. The summed E-state index contributed by atoms with van der Waals surface area (Å²) in [5, 5.41) is 0. The first kappa shape index (κ1) is 6.11. The lowest BCUT2D eigenvalue weighted by Crippen LogP contribution is -1.90. The van der Waals surface area contributed by atoms with Crippen LogP contribution in [0.1, 0.15) is 5.56 Å². The molecule has 0 amide bonds. The highest BCUT2D eigenvalue weighted by atomic mass is 15.2. The van der Waals surface area contributed by atoms with Gasteiger partial charge in [-0.2, -0.15) is 5.84 Å². The number of anilines is 1. The molecule has 0 saturated heterocycles. The lowest BCUT2D eigenvalue weighted by Gasteiger charge is -1.96. The van der Waals surface area contributed by atoms with E-state index in [4.69, 9.17) is 5.84 Å². The van der Waals surface area contributed by atoms with Crippen LogP contribution in [0, 0.1) is 6.92 Å². The SMILES string of the molecule is Cc1ccc(N[NH])cc1. The molecule has 0 bridgehead atoms. The molecular weight excluding hydrogens is 112 g/mol. The Bertz CT molecular complexity index is 179. The topological polar surface area (TPSA) is 35.8 Å². The van der Waals surface area contributed by atoms with Crippen molar-refractivity contribution in [3.8, 4) is 0 Å². The molecule has 0 aliphatic rings. The van der Waals surface area contributed by atoms with E-state index in [1.807, 2.05) is 31.2 Å². The second-order valence-electron chi connectivity index (χ2n) is 1.99. The maximum Gasteiger partial charge on any atom is 0.0501 e. The summed E-state index contributed by atoms with van der Waals surface area (Å²) in [5.41, 5.74) is 4.35. The molecule has 1 aromatic carbocycles. The van der Waals surface area contributed by atoms with Crippen molar-refractivity contribution in [3.63, 3.8) is 0 Å². The van der Waals surface area contributed by atoms with E-state index >= 15 is 0 Å². The van der Waals surface area contributed by atoms with Gasteiger partial charge in [-0.15, -0.1) is 0 Å². The van der Waals surface area contributed by atoms with Gasteiger partial charge in [0.05, 0.1) is 5.69 Å². The van der Waals surface area contributed by atoms with Gasteiger partial charge in [0.1, 0.15) is 0 Å². The van der Waals surface area contributed by atoms with Gasteiger partial charge in [0.2, 0.25) is 0 Å². The molecule has 0 unspecified atom stereocenters. The monoisotopic (exact) mass is 121 g/mol. The van der Waals surface area contributed by atoms with Crippen LogP contribution in [0.5, 0.6) is 0 Å². The first-order chi connectivity index (χ1) is 4.33. The molecule has 1 radical (unpaired) electrons. The minimum absolute atomic E-state index is 0.834. The van der Waals surface area contributed by atoms with Crippen LogP contribution in [0.25, 0.3) is 0 Å². The minimum Gasteiger partial charge on any atom is -0.307 e. The Morgan fingerprint density at radius 3 is 2.22 bits per heavy atom. The molecule has 9 heavy (non-hydrogen) atoms. The van der Waals surface area contributed by atoms with Crippen molar-refractivity contribution >= 4 is 5.69 Å². The number of rotatable bonds is 1. The maximum atomic E-state index is 6.76. The quantitative estimate of drug-likeness (QED) is 0.563. The number of benzene rings is 1. The summed E-state index contributed by atoms with van der Waals surface area (Å²) < 4.78 is 0. The Kier molecular flexibility index (Phi) is 1.70. The van der Waals surface area contributed by atoms with Gasteiger partial charge >= 0.3 is 0 Å². The van der Waals surface area contributed by atoms with Crippen LogP contribution in [-0.2, 0) is 0 Å². The smallest absolute Gasteiger partial charge is 0.0501 e. The van der Waals surface area contributed by atoms with Gasteiger partial charge in [0, 0.05) is 0 Å². The van der Waals surface area contributed by atoms with Crippen molar-refractivity contribution in [2.24, 2.45) is 0 Å². The van der Waals surface area contributed by atoms with Crippen molar-refractivity contribution in [3.05, 3.63) is 29.8 Å². The average molecular weight is 121 g/mol. The van der Waals surface area contributed by atoms with Crippen molar-refractivity contribution in [2.45, 2.75) is 6.92 Å². The van der Waals surface area contributed by atoms with E-state index in [1.165, 1.54) is 5.56 Å². The predicted octanol–water partition coefficient (Wildman–Crippen LogP) is 1.60. The molecule has 0 aliphatic heterocycles. The van der Waals surface area contributed by atoms with Gasteiger partial charge < -0.3 is 5.43 Å². The van der Waals surface area contributed by atoms with Crippen molar-refractivity contribution in [1.29, 1.82) is 0 Å². The maximum absolute atomic E-state index is 6.76. The Morgan fingerprint density at radius 2 is 1.78 bits per heavy atom. The molecule has 0 atom stereocenters. The third-order valence-electron chi connectivity index (χ3n) is 1.20. The third kappa shape index (κ3) is 1.44. The summed E-state index contributed by atoms with van der Waals surface area (Å²) in [6.45, 7) is 2.02. The van der Waals surface area contributed by atoms with Crippen LogP contribution >= 0.6 is 0 Å². The zero-order valence-corrected chi connectivity index (χ0v) is 5.31. The molecule has 0 aliphatic carbocycles. The van der Waals surface area contributed by atoms with E-state index in [1.54, 1.807) is 0 Å². The zero-order chi connectivity index (χ0) is 6.69. The van der Waals surface area contributed by atoms with Crippen LogP contribution < -0.4 is 11.3 Å². The summed E-state index contributed by atoms with van der Waals surface area (Å²) in [6, 6.07) is 7.69. The third-order valence-corrected chi connectivity index (χ3v) is 1.20. The molecule has 1 rings (SSSR count). The second-order valence-corrected chi connectivity index (χ2v) is 1.99. The fraction of sp³-hybridized carbons (Fsp3) is 0.143. The minimum atomic E-state index is 0.834. The average Bonchev–Trinajstić information content (AvgIpc) is 1.90. The van der Waals surface area contributed by atoms with Crippen LogP contribution in [0.4, 0.5) is 5.69 Å². The van der Waals surface area contributed by atoms with Gasteiger partial charge in [-0.25, -0.2) is 0 Å². The second kappa shape index (κ2) is 2.51. The first-order valence-electron chi connectivity index (χ1n) is 2.82. The summed E-state index contributed by atoms with van der Waals surface area (Å²) in [7, 11) is 0. The van der Waals surface area contributed by atoms with E-state index in [9.17, 15) is 0 Å². The summed E-state index contributed by atoms with van der Waals surface area (Å²) in [4.78, 5) is 0. The fourth-order valence-corrected chi connectivity index (χ4v) is 0.637. The van der Waals surface area contributed by atoms with Gasteiger partial charge in [0.25, 0.3) is 0 Å². The van der Waals surface area contributed by atoms with Gasteiger partial charge in [-0.05, 0) is 19.1 Å². The lowest BCUT2D eigenvalue weighted by molar-refractivity contribution is 1.29. The Hall–Kier alpha value is -1.02. The molecule has 1 aromatic rings. The first-order valence-corrected chi connectivity index (χ1v) is 2.82.